The van der Waals surface area contributed by atoms with Gasteiger partial charge in [0.15, 0.2) is 17.2 Å². The fraction of sp³-hybridized carbons (Fsp3) is 0.381. The first kappa shape index (κ1) is 20.2. The molecule has 7 nitrogen and oxygen atoms in total. The first-order valence-corrected chi connectivity index (χ1v) is 9.53. The zero-order valence-corrected chi connectivity index (χ0v) is 16.2. The van der Waals surface area contributed by atoms with Crippen molar-refractivity contribution in [3.63, 3.8) is 0 Å². The van der Waals surface area contributed by atoms with Crippen molar-refractivity contribution >= 4 is 11.7 Å². The lowest BCUT2D eigenvalue weighted by molar-refractivity contribution is -0.0453. The molecule has 1 aromatic heterocycles. The van der Waals surface area contributed by atoms with E-state index in [1.54, 1.807) is 7.05 Å². The molecule has 0 atom stereocenters. The van der Waals surface area contributed by atoms with Crippen LogP contribution in [0, 0.1) is 11.6 Å². The molecule has 158 valence electrons. The Morgan fingerprint density at radius 3 is 2.60 bits per heavy atom. The quantitative estimate of drug-likeness (QED) is 0.735. The molecule has 1 saturated carbocycles. The number of aliphatic hydroxyl groups excluding tert-OH is 1. The number of pyridine rings is 1. The standard InChI is InChI=1S/C21H20F2N2O5/c1-24-10-21(7-13(26)8-21)25-9-14(18(28)19(29)17(25)20(24)30)16(27)5-3-11-2-4-12(22)6-15(11)23/h2,4,6,9,13,26,29H,3,5,7-8,10H2,1H3. The average Bonchev–Trinajstić information content (AvgIpc) is 2.66. The number of benzene rings is 1. The van der Waals surface area contributed by atoms with E-state index in [9.17, 15) is 33.4 Å². The number of halogens is 2. The van der Waals surface area contributed by atoms with Crippen molar-refractivity contribution in [2.75, 3.05) is 13.6 Å². The number of carbonyl (C=O) groups excluding carboxylic acids is 2. The molecular formula is C21H20F2N2O5. The van der Waals surface area contributed by atoms with E-state index in [2.05, 4.69) is 0 Å². The fourth-order valence-corrected chi connectivity index (χ4v) is 4.40. The molecule has 4 rings (SSSR count). The van der Waals surface area contributed by atoms with Crippen molar-refractivity contribution in [1.82, 2.24) is 9.47 Å². The van der Waals surface area contributed by atoms with Crippen LogP contribution in [0.15, 0.2) is 29.2 Å². The predicted molar refractivity (Wildman–Crippen MR) is 102 cm³/mol. The number of carbonyl (C=O) groups is 2. The van der Waals surface area contributed by atoms with E-state index in [-0.39, 0.29) is 36.2 Å². The minimum absolute atomic E-state index is 0.0571. The predicted octanol–water partition coefficient (Wildman–Crippen LogP) is 1.58. The van der Waals surface area contributed by atoms with Crippen LogP contribution in [0.25, 0.3) is 0 Å². The normalized spacial score (nSPS) is 22.7. The average molecular weight is 418 g/mol. The number of aromatic hydroxyl groups is 1. The maximum atomic E-state index is 13.8. The Hall–Kier alpha value is -3.07. The lowest BCUT2D eigenvalue weighted by Crippen LogP contribution is -2.61. The SMILES string of the molecule is CN1CC2(CC(O)C2)n2cc(C(=O)CCc3ccc(F)cc3F)c(=O)c(O)c2C1=O. The number of ketones is 1. The highest BCUT2D eigenvalue weighted by atomic mass is 19.1. The molecule has 1 aromatic carbocycles. The molecule has 2 aromatic rings. The van der Waals surface area contributed by atoms with Crippen LogP contribution in [0.2, 0.25) is 0 Å². The number of Topliss-reactive ketones (excluding diaryl/α,β-unsaturated/α-hetero) is 1. The van der Waals surface area contributed by atoms with Gasteiger partial charge in [-0.05, 0) is 30.9 Å². The third kappa shape index (κ3) is 3.09. The molecule has 30 heavy (non-hydrogen) atoms. The van der Waals surface area contributed by atoms with Gasteiger partial charge in [-0.2, -0.15) is 0 Å². The van der Waals surface area contributed by atoms with Crippen LogP contribution >= 0.6 is 0 Å². The maximum absolute atomic E-state index is 13.8. The van der Waals surface area contributed by atoms with Crippen molar-refractivity contribution in [1.29, 1.82) is 0 Å². The molecule has 1 aliphatic carbocycles. The second-order valence-electron chi connectivity index (χ2n) is 8.05. The monoisotopic (exact) mass is 418 g/mol. The molecule has 1 spiro atoms. The van der Waals surface area contributed by atoms with Gasteiger partial charge in [-0.25, -0.2) is 8.78 Å². The summed E-state index contributed by atoms with van der Waals surface area (Å²) in [6, 6.07) is 3.03. The Morgan fingerprint density at radius 2 is 1.97 bits per heavy atom. The zero-order valence-electron chi connectivity index (χ0n) is 16.2. The Morgan fingerprint density at radius 1 is 1.27 bits per heavy atom. The number of likely N-dealkylation sites (N-methyl/N-ethyl adjacent to an activating group) is 1. The van der Waals surface area contributed by atoms with Crippen molar-refractivity contribution < 1.29 is 28.6 Å². The summed E-state index contributed by atoms with van der Waals surface area (Å²) < 4.78 is 28.3. The number of amides is 1. The van der Waals surface area contributed by atoms with Gasteiger partial charge in [0.05, 0.1) is 17.2 Å². The molecule has 1 aliphatic heterocycles. The van der Waals surface area contributed by atoms with Crippen LogP contribution in [0.4, 0.5) is 8.78 Å². The van der Waals surface area contributed by atoms with E-state index in [1.165, 1.54) is 21.7 Å². The second-order valence-corrected chi connectivity index (χ2v) is 8.05. The van der Waals surface area contributed by atoms with Crippen LogP contribution in [0.5, 0.6) is 5.75 Å². The summed E-state index contributed by atoms with van der Waals surface area (Å²) in [5, 5.41) is 20.3. The number of nitrogens with zero attached hydrogens (tertiary/aromatic N) is 2. The van der Waals surface area contributed by atoms with Gasteiger partial charge in [0, 0.05) is 32.3 Å². The van der Waals surface area contributed by atoms with Crippen LogP contribution < -0.4 is 5.43 Å². The van der Waals surface area contributed by atoms with Crippen molar-refractivity contribution in [2.45, 2.75) is 37.3 Å². The summed E-state index contributed by atoms with van der Waals surface area (Å²) in [4.78, 5) is 39.2. The largest absolute Gasteiger partial charge is 0.503 e. The molecule has 0 radical (unpaired) electrons. The van der Waals surface area contributed by atoms with Crippen LogP contribution in [0.3, 0.4) is 0 Å². The topological polar surface area (TPSA) is 99.8 Å². The maximum Gasteiger partial charge on any atom is 0.274 e. The highest BCUT2D eigenvalue weighted by Gasteiger charge is 2.51. The van der Waals surface area contributed by atoms with Gasteiger partial charge < -0.3 is 19.7 Å². The molecule has 0 bridgehead atoms. The Labute approximate surface area is 170 Å². The van der Waals surface area contributed by atoms with Gasteiger partial charge >= 0.3 is 0 Å². The fourth-order valence-electron chi connectivity index (χ4n) is 4.40. The number of aryl methyl sites for hydroxylation is 1. The number of rotatable bonds is 4. The first-order valence-electron chi connectivity index (χ1n) is 9.53. The second kappa shape index (κ2) is 7.02. The van der Waals surface area contributed by atoms with Crippen LogP contribution in [0.1, 0.15) is 45.7 Å². The van der Waals surface area contributed by atoms with Crippen molar-refractivity contribution in [2.24, 2.45) is 0 Å². The summed E-state index contributed by atoms with van der Waals surface area (Å²) in [5.74, 6) is -3.52. The van der Waals surface area contributed by atoms with Crippen molar-refractivity contribution in [3.05, 3.63) is 63.1 Å². The molecule has 0 unspecified atom stereocenters. The van der Waals surface area contributed by atoms with Gasteiger partial charge in [0.1, 0.15) is 11.6 Å². The molecule has 1 fully saturated rings. The molecule has 2 heterocycles. The highest BCUT2D eigenvalue weighted by molar-refractivity contribution is 6.00. The molecule has 9 heteroatoms. The number of fused-ring (bicyclic) bond motifs is 2. The number of aliphatic hydroxyl groups is 1. The van der Waals surface area contributed by atoms with Gasteiger partial charge in [0.2, 0.25) is 5.43 Å². The Bertz CT molecular complexity index is 1120. The lowest BCUT2D eigenvalue weighted by atomic mass is 9.72. The van der Waals surface area contributed by atoms with E-state index >= 15 is 0 Å². The summed E-state index contributed by atoms with van der Waals surface area (Å²) in [6.45, 7) is 0.270. The van der Waals surface area contributed by atoms with E-state index in [0.29, 0.717) is 18.9 Å². The minimum atomic E-state index is -0.968. The summed E-state index contributed by atoms with van der Waals surface area (Å²) >= 11 is 0. The number of hydrogen-bond acceptors (Lipinski definition) is 5. The molecule has 2 aliphatic rings. The molecule has 0 saturated heterocycles. The van der Waals surface area contributed by atoms with Gasteiger partial charge in [0.25, 0.3) is 5.91 Å². The minimum Gasteiger partial charge on any atom is -0.503 e. The number of hydrogen-bond donors (Lipinski definition) is 2. The van der Waals surface area contributed by atoms with E-state index in [1.807, 2.05) is 0 Å². The molecular weight excluding hydrogens is 398 g/mol. The first-order chi connectivity index (χ1) is 14.1. The van der Waals surface area contributed by atoms with E-state index in [0.717, 1.165) is 6.07 Å². The van der Waals surface area contributed by atoms with Crippen LogP contribution in [-0.2, 0) is 12.0 Å². The summed E-state index contributed by atoms with van der Waals surface area (Å²) in [5.41, 5.74) is -2.06. The number of aromatic nitrogens is 1. The smallest absolute Gasteiger partial charge is 0.274 e. The van der Waals surface area contributed by atoms with E-state index in [4.69, 9.17) is 0 Å². The van der Waals surface area contributed by atoms with Gasteiger partial charge in [-0.1, -0.05) is 6.07 Å². The lowest BCUT2D eigenvalue weighted by Gasteiger charge is -2.52. The summed E-state index contributed by atoms with van der Waals surface area (Å²) in [7, 11) is 1.54. The Kier molecular flexibility index (Phi) is 4.73. The zero-order chi connectivity index (χ0) is 21.8. The van der Waals surface area contributed by atoms with Gasteiger partial charge in [-0.15, -0.1) is 0 Å². The van der Waals surface area contributed by atoms with Crippen LogP contribution in [-0.4, -0.2) is 51.1 Å². The summed E-state index contributed by atoms with van der Waals surface area (Å²) in [6.07, 6.45) is 1.01. The van der Waals surface area contributed by atoms with Gasteiger partial charge in [-0.3, -0.25) is 14.4 Å². The third-order valence-corrected chi connectivity index (χ3v) is 5.94. The van der Waals surface area contributed by atoms with E-state index < -0.39 is 46.1 Å². The molecule has 1 amide bonds. The third-order valence-electron chi connectivity index (χ3n) is 5.94. The van der Waals surface area contributed by atoms with Crippen molar-refractivity contribution in [3.8, 4) is 5.75 Å². The Balaban J connectivity index is 1.70. The molecule has 2 N–H and O–H groups in total. The highest BCUT2D eigenvalue weighted by Crippen LogP contribution is 2.44.